The Morgan fingerprint density at radius 1 is 0.291 bits per heavy atom. The lowest BCUT2D eigenvalue weighted by molar-refractivity contribution is 0.0487. The predicted octanol–water partition coefficient (Wildman–Crippen LogP) is 20.0. The van der Waals surface area contributed by atoms with Crippen molar-refractivity contribution in [3.63, 3.8) is 0 Å². The molecular formula is C76H78N2O8. The van der Waals surface area contributed by atoms with Crippen molar-refractivity contribution in [3.8, 4) is 46.0 Å². The van der Waals surface area contributed by atoms with Crippen molar-refractivity contribution in [3.05, 3.63) is 166 Å². The largest absolute Gasteiger partial charge is 0.457 e. The molecule has 0 aromatic heterocycles. The third-order valence-electron chi connectivity index (χ3n) is 18.6. The van der Waals surface area contributed by atoms with E-state index in [1.807, 2.05) is 48.5 Å². The SMILES string of the molecule is CC(C)(C)c1ccc(Oc2cc3c4c(cc(Oc5ccc(C(C)(C)C)cc5)c5c6c(Oc7ccc(C(C)(C)C)cc7)cc7c8c(cc(Oc9ccc(C(C)(C)C)cc9)c(c2c45)c86)C(=O)N(C2CCCCC2)C7=O)C(=O)N(C2CCCCC2)C3=O)cc1. The van der Waals surface area contributed by atoms with Gasteiger partial charge in [0.25, 0.3) is 23.6 Å². The molecule has 0 spiro atoms. The third-order valence-corrected chi connectivity index (χ3v) is 18.6. The molecule has 86 heavy (non-hydrogen) atoms. The van der Waals surface area contributed by atoms with E-state index in [4.69, 9.17) is 18.9 Å². The number of carbonyl (C=O) groups excluding carboxylic acids is 4. The van der Waals surface area contributed by atoms with E-state index in [1.165, 1.54) is 9.80 Å². The molecule has 10 nitrogen and oxygen atoms in total. The first-order chi connectivity index (χ1) is 40.8. The molecule has 2 aliphatic heterocycles. The summed E-state index contributed by atoms with van der Waals surface area (Å²) in [6.45, 7) is 26.0. The number of hydrogen-bond donors (Lipinski definition) is 0. The monoisotopic (exact) mass is 1150 g/mol. The van der Waals surface area contributed by atoms with E-state index < -0.39 is 23.6 Å². The van der Waals surface area contributed by atoms with Crippen LogP contribution in [0.1, 0.15) is 211 Å². The summed E-state index contributed by atoms with van der Waals surface area (Å²) in [7, 11) is 0. The van der Waals surface area contributed by atoms with Crippen LogP contribution in [0.15, 0.2) is 121 Å². The van der Waals surface area contributed by atoms with Gasteiger partial charge in [-0.3, -0.25) is 29.0 Å². The van der Waals surface area contributed by atoms with Crippen molar-refractivity contribution in [2.75, 3.05) is 0 Å². The molecule has 9 aromatic carbocycles. The van der Waals surface area contributed by atoms with Gasteiger partial charge in [-0.25, -0.2) is 0 Å². The second kappa shape index (κ2) is 20.7. The van der Waals surface area contributed by atoms with Crippen molar-refractivity contribution in [1.29, 1.82) is 0 Å². The smallest absolute Gasteiger partial charge is 0.261 e. The predicted molar refractivity (Wildman–Crippen MR) is 343 cm³/mol. The fourth-order valence-electron chi connectivity index (χ4n) is 13.8. The molecule has 4 aliphatic rings. The summed E-state index contributed by atoms with van der Waals surface area (Å²) in [6, 6.07) is 38.7. The van der Waals surface area contributed by atoms with Gasteiger partial charge in [-0.05, 0) is 142 Å². The summed E-state index contributed by atoms with van der Waals surface area (Å²) >= 11 is 0. The number of carbonyl (C=O) groups is 4. The number of benzene rings is 9. The molecule has 0 unspecified atom stereocenters. The Kier molecular flexibility index (Phi) is 13.7. The van der Waals surface area contributed by atoms with Crippen molar-refractivity contribution in [2.24, 2.45) is 0 Å². The molecule has 2 saturated carbocycles. The Morgan fingerprint density at radius 3 is 0.698 bits per heavy atom. The van der Waals surface area contributed by atoms with Gasteiger partial charge in [-0.1, -0.05) is 170 Å². The summed E-state index contributed by atoms with van der Waals surface area (Å²) in [5, 5.41) is 3.95. The van der Waals surface area contributed by atoms with Crippen LogP contribution in [-0.4, -0.2) is 45.5 Å². The third kappa shape index (κ3) is 9.81. The average molecular weight is 1150 g/mol. The van der Waals surface area contributed by atoms with E-state index in [9.17, 15) is 0 Å². The van der Waals surface area contributed by atoms with Crippen LogP contribution in [0.4, 0.5) is 0 Å². The lowest BCUT2D eigenvalue weighted by Gasteiger charge is -2.37. The number of nitrogens with zero attached hydrogens (tertiary/aromatic N) is 2. The van der Waals surface area contributed by atoms with Crippen LogP contribution in [-0.2, 0) is 21.7 Å². The molecular weight excluding hydrogens is 1070 g/mol. The van der Waals surface area contributed by atoms with E-state index in [1.54, 1.807) is 24.3 Å². The minimum atomic E-state index is -0.396. The number of imide groups is 2. The molecule has 0 saturated heterocycles. The fourth-order valence-corrected chi connectivity index (χ4v) is 13.8. The summed E-state index contributed by atoms with van der Waals surface area (Å²) in [6.07, 6.45) is 8.46. The Labute approximate surface area is 505 Å². The summed E-state index contributed by atoms with van der Waals surface area (Å²) in [5.74, 6) is 1.75. The second-order valence-electron chi connectivity index (χ2n) is 28.7. The number of ether oxygens (including phenoxy) is 4. The van der Waals surface area contributed by atoms with Gasteiger partial charge in [0.05, 0.1) is 22.3 Å². The van der Waals surface area contributed by atoms with Crippen molar-refractivity contribution in [2.45, 2.75) is 181 Å². The number of rotatable bonds is 10. The molecule has 13 rings (SSSR count). The Hall–Kier alpha value is -8.24. The number of amides is 4. The van der Waals surface area contributed by atoms with Crippen LogP contribution in [0.5, 0.6) is 46.0 Å². The van der Waals surface area contributed by atoms with Crippen molar-refractivity contribution >= 4 is 66.7 Å². The number of fused-ring (bicyclic) bond motifs is 2. The van der Waals surface area contributed by atoms with Gasteiger partial charge < -0.3 is 18.9 Å². The normalized spacial score (nSPS) is 16.6. The van der Waals surface area contributed by atoms with Gasteiger partial charge in [0, 0.05) is 55.2 Å². The van der Waals surface area contributed by atoms with Gasteiger partial charge in [0.2, 0.25) is 0 Å². The van der Waals surface area contributed by atoms with Crippen molar-refractivity contribution < 1.29 is 38.1 Å². The fraction of sp³-hybridized carbons (Fsp3) is 0.368. The molecule has 2 aliphatic carbocycles. The van der Waals surface area contributed by atoms with Crippen molar-refractivity contribution in [1.82, 2.24) is 9.80 Å². The van der Waals surface area contributed by atoms with Gasteiger partial charge in [0.1, 0.15) is 46.0 Å². The first kappa shape index (κ1) is 56.9. The maximum Gasteiger partial charge on any atom is 0.261 e. The minimum absolute atomic E-state index is 0.152. The van der Waals surface area contributed by atoms with Gasteiger partial charge in [-0.2, -0.15) is 0 Å². The molecule has 0 N–H and O–H groups in total. The topological polar surface area (TPSA) is 112 Å². The van der Waals surface area contributed by atoms with Gasteiger partial charge in [0.15, 0.2) is 0 Å². The van der Waals surface area contributed by atoms with E-state index in [0.717, 1.165) is 60.8 Å². The first-order valence-electron chi connectivity index (χ1n) is 31.1. The second-order valence-corrected chi connectivity index (χ2v) is 28.7. The molecule has 10 heteroatoms. The van der Waals surface area contributed by atoms with Gasteiger partial charge in [-0.15, -0.1) is 0 Å². The van der Waals surface area contributed by atoms with Crippen LogP contribution >= 0.6 is 0 Å². The molecule has 9 aromatic rings. The molecule has 4 amide bonds. The number of hydrogen-bond acceptors (Lipinski definition) is 8. The zero-order valence-corrected chi connectivity index (χ0v) is 51.9. The standard InChI is InChI=1S/C76H78N2O8/c1-73(2,3)43-23-31-49(32-24-43)83-57-39-53-61-54(70(80)77(69(53)79)47-19-15-13-16-20-47)41-59(85-51-35-27-45(28-36-51)75(7,8)9)65-66-60(86-52-37-29-46(30-38-52)76(10,11)12)42-56-62-55(71(81)78(72(56)82)48-21-17-14-18-22-48)40-58(64(68(62)66)63(57)67(61)65)84-50-33-25-44(26-34-50)74(4,5)6/h23-42,47-48H,13-22H2,1-12H3. The molecule has 2 fully saturated rings. The molecule has 0 bridgehead atoms. The lowest BCUT2D eigenvalue weighted by Crippen LogP contribution is -2.48. The zero-order chi connectivity index (χ0) is 60.5. The maximum absolute atomic E-state index is 15.8. The van der Waals surface area contributed by atoms with Crippen LogP contribution < -0.4 is 18.9 Å². The highest BCUT2D eigenvalue weighted by molar-refractivity contribution is 6.45. The highest BCUT2D eigenvalue weighted by Crippen LogP contribution is 2.58. The van der Waals surface area contributed by atoms with E-state index in [0.29, 0.717) is 137 Å². The van der Waals surface area contributed by atoms with Gasteiger partial charge >= 0.3 is 0 Å². The summed E-state index contributed by atoms with van der Waals surface area (Å²) < 4.78 is 29.3. The Morgan fingerprint density at radius 2 is 0.500 bits per heavy atom. The highest BCUT2D eigenvalue weighted by Gasteiger charge is 2.44. The Bertz CT molecular complexity index is 3690. The van der Waals surface area contributed by atoms with Crippen LogP contribution in [0.3, 0.4) is 0 Å². The van der Waals surface area contributed by atoms with E-state index >= 15 is 19.2 Å². The molecule has 0 radical (unpaired) electrons. The van der Waals surface area contributed by atoms with Crippen LogP contribution in [0.25, 0.3) is 43.1 Å². The molecule has 0 atom stereocenters. The first-order valence-corrected chi connectivity index (χ1v) is 31.1. The average Bonchev–Trinajstić information content (AvgIpc) is 0.690. The quantitative estimate of drug-likeness (QED) is 0.0756. The Balaban J connectivity index is 1.22. The van der Waals surface area contributed by atoms with E-state index in [-0.39, 0.29) is 33.7 Å². The summed E-state index contributed by atoms with van der Waals surface area (Å²) in [4.78, 5) is 66.2. The van der Waals surface area contributed by atoms with Crippen LogP contribution in [0.2, 0.25) is 0 Å². The van der Waals surface area contributed by atoms with E-state index in [2.05, 4.69) is 132 Å². The summed E-state index contributed by atoms with van der Waals surface area (Å²) in [5.41, 5.74) is 5.10. The zero-order valence-electron chi connectivity index (χ0n) is 51.9. The molecule has 2 heterocycles. The minimum Gasteiger partial charge on any atom is -0.457 e. The van der Waals surface area contributed by atoms with Crippen LogP contribution in [0, 0.1) is 0 Å². The lowest BCUT2D eigenvalue weighted by atomic mass is 9.80. The molecule has 440 valence electrons. The highest BCUT2D eigenvalue weighted by atomic mass is 16.5. The maximum atomic E-state index is 15.8.